The molecule has 0 aromatic carbocycles. The Kier molecular flexibility index (Phi) is 7.54. The quantitative estimate of drug-likeness (QED) is 0.245. The minimum Gasteiger partial charge on any atom is -0.459 e. The fraction of sp³-hybridized carbons (Fsp3) is 0.500. The Morgan fingerprint density at radius 2 is 1.22 bits per heavy atom. The van der Waals surface area contributed by atoms with Crippen LogP contribution in [0.25, 0.3) is 0 Å². The molecule has 0 spiro atoms. The molecule has 0 heterocycles. The number of carbonyl (C=O) groups is 2. The number of hydrogen-bond acceptors (Lipinski definition) is 6. The summed E-state index contributed by atoms with van der Waals surface area (Å²) >= 11 is 9.44. The van der Waals surface area contributed by atoms with E-state index in [0.29, 0.717) is 0 Å². The first-order chi connectivity index (χ1) is 8.33. The standard InChI is InChI=1S/C12H16O4S2/c1-7(2)15-11(13)10(9(5-17)6-18)12(14)16-8(3)4/h5-8H,1-4H3. The Morgan fingerprint density at radius 1 is 0.889 bits per heavy atom. The SMILES string of the molecule is CC(C)OC(=O)C(C(=O)OC(C)C)=C(C=S)C=S. The minimum absolute atomic E-state index is 0.149. The zero-order chi connectivity index (χ0) is 14.3. The van der Waals surface area contributed by atoms with Crippen molar-refractivity contribution in [1.82, 2.24) is 0 Å². The maximum atomic E-state index is 11.8. The summed E-state index contributed by atoms with van der Waals surface area (Å²) in [6, 6.07) is 0. The first-order valence-corrected chi connectivity index (χ1v) is 6.34. The van der Waals surface area contributed by atoms with Crippen LogP contribution in [0.15, 0.2) is 11.1 Å². The summed E-state index contributed by atoms with van der Waals surface area (Å²) in [5.41, 5.74) is -0.112. The predicted molar refractivity (Wildman–Crippen MR) is 76.8 cm³/mol. The van der Waals surface area contributed by atoms with E-state index >= 15 is 0 Å². The van der Waals surface area contributed by atoms with Crippen LogP contribution in [-0.4, -0.2) is 34.9 Å². The normalized spacial score (nSPS) is 9.89. The van der Waals surface area contributed by atoms with Crippen molar-refractivity contribution < 1.29 is 19.1 Å². The van der Waals surface area contributed by atoms with Gasteiger partial charge in [-0.05, 0) is 27.7 Å². The molecule has 0 saturated carbocycles. The van der Waals surface area contributed by atoms with Gasteiger partial charge in [0, 0.05) is 16.3 Å². The van der Waals surface area contributed by atoms with E-state index in [9.17, 15) is 9.59 Å². The molecule has 0 aromatic heterocycles. The van der Waals surface area contributed by atoms with Gasteiger partial charge in [-0.1, -0.05) is 24.4 Å². The first kappa shape index (κ1) is 16.9. The summed E-state index contributed by atoms with van der Waals surface area (Å²) in [6.07, 6.45) is -0.702. The lowest BCUT2D eigenvalue weighted by Crippen LogP contribution is -2.25. The Hall–Kier alpha value is -1.14. The van der Waals surface area contributed by atoms with Crippen LogP contribution in [0.3, 0.4) is 0 Å². The molecule has 0 fully saturated rings. The molecule has 0 unspecified atom stereocenters. The van der Waals surface area contributed by atoms with Crippen molar-refractivity contribution in [2.75, 3.05) is 0 Å². The zero-order valence-electron chi connectivity index (χ0n) is 10.8. The molecule has 0 radical (unpaired) electrons. The van der Waals surface area contributed by atoms with Gasteiger partial charge in [0.05, 0.1) is 12.2 Å². The highest BCUT2D eigenvalue weighted by Gasteiger charge is 2.26. The van der Waals surface area contributed by atoms with Crippen LogP contribution in [0.1, 0.15) is 27.7 Å². The molecule has 4 nitrogen and oxygen atoms in total. The molecule has 0 aliphatic carbocycles. The van der Waals surface area contributed by atoms with Gasteiger partial charge in [-0.15, -0.1) is 0 Å². The minimum atomic E-state index is -0.784. The molecule has 100 valence electrons. The van der Waals surface area contributed by atoms with Crippen LogP contribution in [-0.2, 0) is 19.1 Å². The lowest BCUT2D eigenvalue weighted by atomic mass is 10.1. The van der Waals surface area contributed by atoms with Crippen molar-refractivity contribution in [1.29, 1.82) is 0 Å². The molecule has 0 aromatic rings. The number of ether oxygens (including phenoxy) is 2. The smallest absolute Gasteiger partial charge is 0.346 e. The van der Waals surface area contributed by atoms with Gasteiger partial charge in [-0.3, -0.25) is 0 Å². The Bertz CT molecular complexity index is 350. The lowest BCUT2D eigenvalue weighted by molar-refractivity contribution is -0.150. The third kappa shape index (κ3) is 5.46. The van der Waals surface area contributed by atoms with Crippen LogP contribution in [0.4, 0.5) is 0 Å². The van der Waals surface area contributed by atoms with E-state index in [1.54, 1.807) is 27.7 Å². The largest absolute Gasteiger partial charge is 0.459 e. The number of hydrogen-bond donors (Lipinski definition) is 0. The molecular weight excluding hydrogens is 272 g/mol. The summed E-state index contributed by atoms with van der Waals surface area (Å²) in [6.45, 7) is 6.71. The van der Waals surface area contributed by atoms with E-state index in [2.05, 4.69) is 0 Å². The summed E-state index contributed by atoms with van der Waals surface area (Å²) in [7, 11) is 0. The highest BCUT2D eigenvalue weighted by molar-refractivity contribution is 7.81. The van der Waals surface area contributed by atoms with Crippen molar-refractivity contribution in [3.63, 3.8) is 0 Å². The van der Waals surface area contributed by atoms with Crippen LogP contribution in [0.5, 0.6) is 0 Å². The number of esters is 2. The average molecular weight is 288 g/mol. The molecule has 0 amide bonds. The van der Waals surface area contributed by atoms with E-state index in [-0.39, 0.29) is 23.4 Å². The predicted octanol–water partition coefficient (Wildman–Crippen LogP) is 2.19. The van der Waals surface area contributed by atoms with Gasteiger partial charge in [-0.25, -0.2) is 9.59 Å². The van der Waals surface area contributed by atoms with Crippen LogP contribution < -0.4 is 0 Å². The first-order valence-electron chi connectivity index (χ1n) is 5.40. The van der Waals surface area contributed by atoms with Gasteiger partial charge < -0.3 is 9.47 Å². The van der Waals surface area contributed by atoms with Gasteiger partial charge in [0.25, 0.3) is 0 Å². The molecule has 0 bridgehead atoms. The Morgan fingerprint density at radius 3 is 1.44 bits per heavy atom. The molecule has 6 heteroatoms. The molecule has 0 N–H and O–H groups in total. The fourth-order valence-corrected chi connectivity index (χ4v) is 1.47. The third-order valence-electron chi connectivity index (χ3n) is 1.64. The maximum Gasteiger partial charge on any atom is 0.346 e. The molecule has 0 rings (SSSR count). The average Bonchev–Trinajstić information content (AvgIpc) is 2.22. The maximum absolute atomic E-state index is 11.8. The topological polar surface area (TPSA) is 52.6 Å². The summed E-state index contributed by atoms with van der Waals surface area (Å²) in [5, 5.41) is 2.32. The Labute approximate surface area is 117 Å². The monoisotopic (exact) mass is 288 g/mol. The van der Waals surface area contributed by atoms with Gasteiger partial charge in [-0.2, -0.15) is 0 Å². The van der Waals surface area contributed by atoms with Gasteiger partial charge in [0.2, 0.25) is 0 Å². The molecule has 0 saturated heterocycles. The van der Waals surface area contributed by atoms with Crippen molar-refractivity contribution in [3.05, 3.63) is 11.1 Å². The number of thiocarbonyl (C=S) groups is 2. The lowest BCUT2D eigenvalue weighted by Gasteiger charge is -2.13. The van der Waals surface area contributed by atoms with Crippen LogP contribution in [0.2, 0.25) is 0 Å². The fourth-order valence-electron chi connectivity index (χ4n) is 1.01. The third-order valence-corrected chi connectivity index (χ3v) is 2.14. The van der Waals surface area contributed by atoms with E-state index in [1.165, 1.54) is 0 Å². The molecular formula is C12H16O4S2. The van der Waals surface area contributed by atoms with Crippen molar-refractivity contribution >= 4 is 47.1 Å². The van der Waals surface area contributed by atoms with Crippen LogP contribution >= 0.6 is 24.4 Å². The van der Waals surface area contributed by atoms with Crippen molar-refractivity contribution in [2.24, 2.45) is 0 Å². The highest BCUT2D eigenvalue weighted by Crippen LogP contribution is 2.10. The zero-order valence-corrected chi connectivity index (χ0v) is 12.4. The number of rotatable bonds is 6. The summed E-state index contributed by atoms with van der Waals surface area (Å²) in [5.74, 6) is -1.57. The molecule has 0 aliphatic heterocycles. The number of carbonyl (C=O) groups excluding carboxylic acids is 2. The molecule has 18 heavy (non-hydrogen) atoms. The van der Waals surface area contributed by atoms with Crippen molar-refractivity contribution in [2.45, 2.75) is 39.9 Å². The van der Waals surface area contributed by atoms with Gasteiger partial charge in [0.15, 0.2) is 5.57 Å². The van der Waals surface area contributed by atoms with Crippen molar-refractivity contribution in [3.8, 4) is 0 Å². The van der Waals surface area contributed by atoms with Gasteiger partial charge >= 0.3 is 11.9 Å². The highest BCUT2D eigenvalue weighted by atomic mass is 32.1. The van der Waals surface area contributed by atoms with Crippen LogP contribution in [0, 0.1) is 0 Å². The van der Waals surface area contributed by atoms with E-state index < -0.39 is 11.9 Å². The molecule has 0 aliphatic rings. The Balaban J connectivity index is 5.38. The second-order valence-corrected chi connectivity index (χ2v) is 4.45. The van der Waals surface area contributed by atoms with Gasteiger partial charge in [0.1, 0.15) is 0 Å². The number of allylic oxidation sites excluding steroid dienone is 1. The summed E-state index contributed by atoms with van der Waals surface area (Å²) in [4.78, 5) is 23.6. The second-order valence-electron chi connectivity index (χ2n) is 3.97. The van der Waals surface area contributed by atoms with E-state index in [1.807, 2.05) is 0 Å². The summed E-state index contributed by atoms with van der Waals surface area (Å²) < 4.78 is 9.94. The van der Waals surface area contributed by atoms with E-state index in [4.69, 9.17) is 33.9 Å². The van der Waals surface area contributed by atoms with E-state index in [0.717, 1.165) is 10.7 Å². The molecule has 0 atom stereocenters. The second kappa shape index (κ2) is 8.05.